The molecule has 3 heterocycles. The van der Waals surface area contributed by atoms with Crippen LogP contribution in [0.25, 0.3) is 148 Å². The molecule has 0 spiro atoms. The fourth-order valence-electron chi connectivity index (χ4n) is 15.9. The van der Waals surface area contributed by atoms with Crippen LogP contribution >= 0.6 is 0 Å². The van der Waals surface area contributed by atoms with Crippen molar-refractivity contribution in [3.05, 3.63) is 346 Å². The normalized spacial score (nSPS) is 11.8. The fraction of sp³-hybridized carbons (Fsp3) is 0.0323. The number of hydrogen-bond donors (Lipinski definition) is 0. The van der Waals surface area contributed by atoms with Crippen LogP contribution in [0.3, 0.4) is 0 Å². The highest BCUT2D eigenvalue weighted by Crippen LogP contribution is 2.47. The molecule has 0 aliphatic carbocycles. The summed E-state index contributed by atoms with van der Waals surface area (Å²) in [7, 11) is 6.57. The maximum absolute atomic E-state index is 2.45. The topological polar surface area (TPSA) is 24.5 Å². The Morgan fingerprint density at radius 1 is 0.212 bits per heavy atom. The molecule has 0 N–H and O–H groups in total. The number of anilines is 6. The van der Waals surface area contributed by atoms with Crippen LogP contribution in [0, 0.1) is 0 Å². The van der Waals surface area contributed by atoms with Crippen molar-refractivity contribution in [2.75, 3.05) is 35.8 Å². The molecule has 0 aliphatic heterocycles. The Kier molecular flexibility index (Phi) is 13.5. The van der Waals surface area contributed by atoms with Crippen molar-refractivity contribution >= 4 is 132 Å². The van der Waals surface area contributed by atoms with Crippen molar-refractivity contribution in [1.29, 1.82) is 0 Å². The van der Waals surface area contributed by atoms with Crippen molar-refractivity contribution in [1.82, 2.24) is 13.7 Å². The van der Waals surface area contributed by atoms with Crippen LogP contribution in [0.15, 0.2) is 346 Å². The highest BCUT2D eigenvalue weighted by molar-refractivity contribution is 6.19. The van der Waals surface area contributed by atoms with E-state index in [0.29, 0.717) is 0 Å². The molecular weight excluding hydrogens is 1200 g/mol. The Hall–Kier alpha value is -12.9. The molecule has 6 heteroatoms. The Balaban J connectivity index is 0.670. The summed E-state index contributed by atoms with van der Waals surface area (Å²) in [5.41, 5.74) is 24.3. The second kappa shape index (κ2) is 23.2. The molecule has 99 heavy (non-hydrogen) atoms. The van der Waals surface area contributed by atoms with Gasteiger partial charge in [0, 0.05) is 115 Å². The van der Waals surface area contributed by atoms with E-state index in [1.165, 1.54) is 120 Å². The number of fused-ring (bicyclic) bond motifs is 13. The summed E-state index contributed by atoms with van der Waals surface area (Å²) in [5, 5.41) is 14.6. The SMILES string of the molecule is CN(c1ccccc1)c1ccc2c(c1)c1ccccc1n2-c1ccc(-c2ccc3c(N(C)c4ccc(-n5c6ccccc6c6c(-c7cc(-c8ccccc8)ccc7N(C)c7ccc8c(c7)c7ccccc7n8-c7cccc8ccccc78)cccc65)cc4)cc4ccccc4c3c2)cc1. The lowest BCUT2D eigenvalue weighted by Crippen LogP contribution is -2.11. The van der Waals surface area contributed by atoms with E-state index in [1.54, 1.807) is 0 Å². The van der Waals surface area contributed by atoms with Crippen LogP contribution in [-0.4, -0.2) is 34.8 Å². The van der Waals surface area contributed by atoms with Crippen LogP contribution < -0.4 is 14.7 Å². The number of aromatic nitrogens is 3. The highest BCUT2D eigenvalue weighted by Gasteiger charge is 2.24. The standard InChI is InChI=1S/C93H66N6/c1-94(67-27-8-5-9-28-67)71-50-54-89-82(59-71)75-31-14-17-35-86(75)97(89)69-44-40-62(41-45-69)64-42-52-77-80(56-64)73-29-12-11-25-66(73)58-92(77)95(2)68-46-48-70(49-47-68)98-88-37-19-16-33-79(88)93-78(34-21-39-91(93)98)81-57-65(61-22-6-4-7-23-61)43-53-84(81)96(3)72-51-55-90-83(60-72)76-32-15-18-36-87(76)99(90)85-38-20-26-63-24-10-13-30-74(63)85/h4-60H,1-3H3. The van der Waals surface area contributed by atoms with Crippen LogP contribution in [0.4, 0.5) is 34.1 Å². The smallest absolute Gasteiger partial charge is 0.0547 e. The van der Waals surface area contributed by atoms with Crippen molar-refractivity contribution in [2.45, 2.75) is 0 Å². The van der Waals surface area contributed by atoms with Gasteiger partial charge in [-0.3, -0.25) is 0 Å². The summed E-state index contributed by atoms with van der Waals surface area (Å²) in [6.45, 7) is 0. The Morgan fingerprint density at radius 2 is 0.677 bits per heavy atom. The number of nitrogens with zero attached hydrogens (tertiary/aromatic N) is 6. The third-order valence-corrected chi connectivity index (χ3v) is 20.8. The van der Waals surface area contributed by atoms with Gasteiger partial charge in [-0.1, -0.05) is 206 Å². The molecule has 0 unspecified atom stereocenters. The molecule has 0 saturated heterocycles. The lowest BCUT2D eigenvalue weighted by molar-refractivity contribution is 1.16. The summed E-state index contributed by atoms with van der Waals surface area (Å²) in [6.07, 6.45) is 0. The summed E-state index contributed by atoms with van der Waals surface area (Å²) in [5.74, 6) is 0. The molecule has 0 aliphatic rings. The first-order chi connectivity index (χ1) is 48.9. The first-order valence-electron chi connectivity index (χ1n) is 34.1. The average molecular weight is 1270 g/mol. The van der Waals surface area contributed by atoms with Crippen LogP contribution in [0.2, 0.25) is 0 Å². The Morgan fingerprint density at radius 3 is 1.39 bits per heavy atom. The van der Waals surface area contributed by atoms with E-state index in [2.05, 4.69) is 395 Å². The molecule has 0 atom stereocenters. The average Bonchev–Trinajstić information content (AvgIpc) is 1.64. The number of hydrogen-bond acceptors (Lipinski definition) is 3. The maximum Gasteiger partial charge on any atom is 0.0547 e. The van der Waals surface area contributed by atoms with Gasteiger partial charge in [0.15, 0.2) is 0 Å². The minimum Gasteiger partial charge on any atom is -0.345 e. The van der Waals surface area contributed by atoms with Crippen molar-refractivity contribution in [2.24, 2.45) is 0 Å². The van der Waals surface area contributed by atoms with E-state index >= 15 is 0 Å². The second-order valence-corrected chi connectivity index (χ2v) is 26.2. The molecular formula is C93H66N6. The van der Waals surface area contributed by atoms with Gasteiger partial charge in [0.05, 0.1) is 38.8 Å². The fourth-order valence-corrected chi connectivity index (χ4v) is 15.9. The van der Waals surface area contributed by atoms with Gasteiger partial charge in [-0.25, -0.2) is 0 Å². The van der Waals surface area contributed by atoms with Gasteiger partial charge in [-0.2, -0.15) is 0 Å². The third kappa shape index (κ3) is 9.40. The van der Waals surface area contributed by atoms with E-state index in [4.69, 9.17) is 0 Å². The predicted octanol–water partition coefficient (Wildman–Crippen LogP) is 24.7. The minimum absolute atomic E-state index is 1.10. The molecule has 19 aromatic rings. The maximum atomic E-state index is 2.45. The van der Waals surface area contributed by atoms with Crippen LogP contribution in [0.1, 0.15) is 0 Å². The largest absolute Gasteiger partial charge is 0.345 e. The third-order valence-electron chi connectivity index (χ3n) is 20.8. The molecule has 0 radical (unpaired) electrons. The van der Waals surface area contributed by atoms with Crippen molar-refractivity contribution in [3.63, 3.8) is 0 Å². The summed E-state index contributed by atoms with van der Waals surface area (Å²) in [4.78, 5) is 6.99. The van der Waals surface area contributed by atoms with Gasteiger partial charge < -0.3 is 28.4 Å². The molecule has 16 aromatic carbocycles. The zero-order valence-corrected chi connectivity index (χ0v) is 55.1. The van der Waals surface area contributed by atoms with Gasteiger partial charge >= 0.3 is 0 Å². The number of rotatable bonds is 12. The molecule has 0 fully saturated rings. The Bertz CT molecular complexity index is 6390. The molecule has 468 valence electrons. The zero-order chi connectivity index (χ0) is 65.8. The van der Waals surface area contributed by atoms with E-state index in [0.717, 1.165) is 62.1 Å². The van der Waals surface area contributed by atoms with Gasteiger partial charge in [0.1, 0.15) is 0 Å². The zero-order valence-electron chi connectivity index (χ0n) is 55.1. The molecule has 0 amide bonds. The van der Waals surface area contributed by atoms with Crippen LogP contribution in [0.5, 0.6) is 0 Å². The molecule has 19 rings (SSSR count). The van der Waals surface area contributed by atoms with Crippen molar-refractivity contribution in [3.8, 4) is 50.4 Å². The highest BCUT2D eigenvalue weighted by atomic mass is 15.1. The number of benzene rings is 16. The molecule has 0 bridgehead atoms. The number of para-hydroxylation sites is 4. The summed E-state index contributed by atoms with van der Waals surface area (Å²) >= 11 is 0. The minimum atomic E-state index is 1.10. The van der Waals surface area contributed by atoms with Gasteiger partial charge in [0.2, 0.25) is 0 Å². The van der Waals surface area contributed by atoms with Gasteiger partial charge in [-0.05, 0) is 189 Å². The predicted molar refractivity (Wildman–Crippen MR) is 422 cm³/mol. The Labute approximate surface area is 574 Å². The van der Waals surface area contributed by atoms with Gasteiger partial charge in [0.25, 0.3) is 0 Å². The lowest BCUT2D eigenvalue weighted by atomic mass is 9.93. The van der Waals surface area contributed by atoms with Gasteiger partial charge in [-0.15, -0.1) is 0 Å². The van der Waals surface area contributed by atoms with Crippen LogP contribution in [-0.2, 0) is 0 Å². The monoisotopic (exact) mass is 1270 g/mol. The lowest BCUT2D eigenvalue weighted by Gasteiger charge is -2.24. The molecule has 0 saturated carbocycles. The van der Waals surface area contributed by atoms with E-state index in [9.17, 15) is 0 Å². The van der Waals surface area contributed by atoms with E-state index in [-0.39, 0.29) is 0 Å². The second-order valence-electron chi connectivity index (χ2n) is 26.2. The van der Waals surface area contributed by atoms with E-state index < -0.39 is 0 Å². The van der Waals surface area contributed by atoms with Crippen molar-refractivity contribution < 1.29 is 0 Å². The van der Waals surface area contributed by atoms with E-state index in [1.807, 2.05) is 0 Å². The molecule has 3 aromatic heterocycles. The quantitative estimate of drug-likeness (QED) is 0.114. The first-order valence-corrected chi connectivity index (χ1v) is 34.1. The summed E-state index contributed by atoms with van der Waals surface area (Å²) < 4.78 is 7.29. The first kappa shape index (κ1) is 57.5. The summed E-state index contributed by atoms with van der Waals surface area (Å²) in [6, 6.07) is 127. The molecule has 6 nitrogen and oxygen atoms in total.